The molecule has 1 aliphatic heterocycles. The molecule has 0 saturated carbocycles. The zero-order valence-corrected chi connectivity index (χ0v) is 18.3. The minimum Gasteiger partial charge on any atom is -0.372 e. The molecular formula is C21H27ClN6O2. The van der Waals surface area contributed by atoms with Gasteiger partial charge in [0, 0.05) is 38.6 Å². The van der Waals surface area contributed by atoms with Crippen LogP contribution in [0, 0.1) is 0 Å². The summed E-state index contributed by atoms with van der Waals surface area (Å²) in [4.78, 5) is 22.1. The van der Waals surface area contributed by atoms with E-state index in [1.54, 1.807) is 6.07 Å². The van der Waals surface area contributed by atoms with Crippen LogP contribution in [-0.2, 0) is 17.7 Å². The number of likely N-dealkylation sites (N-methyl/N-ethyl adjacent to an activating group) is 1. The predicted octanol–water partition coefficient (Wildman–Crippen LogP) is 2.63. The van der Waals surface area contributed by atoms with E-state index in [-0.39, 0.29) is 18.1 Å². The third kappa shape index (κ3) is 4.50. The second-order valence-corrected chi connectivity index (χ2v) is 8.48. The van der Waals surface area contributed by atoms with Crippen LogP contribution in [0.4, 0.5) is 0 Å². The third-order valence-corrected chi connectivity index (χ3v) is 5.57. The van der Waals surface area contributed by atoms with Gasteiger partial charge in [0.25, 0.3) is 5.91 Å². The number of fused-ring (bicyclic) bond motifs is 1. The van der Waals surface area contributed by atoms with E-state index < -0.39 is 0 Å². The van der Waals surface area contributed by atoms with Crippen LogP contribution in [0.5, 0.6) is 0 Å². The largest absolute Gasteiger partial charge is 0.372 e. The Morgan fingerprint density at radius 1 is 1.33 bits per heavy atom. The Kier molecular flexibility index (Phi) is 6.08. The molecule has 4 rings (SSSR count). The molecule has 3 aromatic rings. The van der Waals surface area contributed by atoms with Gasteiger partial charge in [0.2, 0.25) is 0 Å². The molecule has 9 heteroatoms. The lowest BCUT2D eigenvalue weighted by atomic mass is 10.2. The fourth-order valence-electron chi connectivity index (χ4n) is 3.95. The highest BCUT2D eigenvalue weighted by molar-refractivity contribution is 6.30. The summed E-state index contributed by atoms with van der Waals surface area (Å²) in [6.45, 7) is 6.51. The number of nitrogens with one attached hydrogen (secondary N) is 1. The normalized spacial score (nSPS) is 19.7. The van der Waals surface area contributed by atoms with E-state index in [1.807, 2.05) is 54.9 Å². The second-order valence-electron chi connectivity index (χ2n) is 8.04. The summed E-state index contributed by atoms with van der Waals surface area (Å²) < 4.78 is 7.71. The van der Waals surface area contributed by atoms with Crippen molar-refractivity contribution in [3.8, 4) is 0 Å². The number of carbonyl (C=O) groups is 1. The first-order valence-electron chi connectivity index (χ1n) is 10.2. The number of hydrogen-bond acceptors (Lipinski definition) is 5. The van der Waals surface area contributed by atoms with Crippen molar-refractivity contribution in [2.45, 2.75) is 39.0 Å². The maximum Gasteiger partial charge on any atom is 0.274 e. The smallest absolute Gasteiger partial charge is 0.274 e. The SMILES string of the molecule is C[C@@H]1CN(C(=O)c2nc3ccc(Cl)cn3c2CN(C)CCc2cn[nH]c2)C[C@H](C)O1. The van der Waals surface area contributed by atoms with Crippen molar-refractivity contribution in [1.29, 1.82) is 0 Å². The fraction of sp³-hybridized carbons (Fsp3) is 0.476. The summed E-state index contributed by atoms with van der Waals surface area (Å²) in [7, 11) is 2.04. The lowest BCUT2D eigenvalue weighted by molar-refractivity contribution is -0.0587. The summed E-state index contributed by atoms with van der Waals surface area (Å²) >= 11 is 6.25. The van der Waals surface area contributed by atoms with E-state index in [0.29, 0.717) is 30.4 Å². The lowest BCUT2D eigenvalue weighted by Gasteiger charge is -2.35. The molecule has 30 heavy (non-hydrogen) atoms. The summed E-state index contributed by atoms with van der Waals surface area (Å²) in [5.41, 5.74) is 3.19. The molecule has 0 spiro atoms. The highest BCUT2D eigenvalue weighted by atomic mass is 35.5. The van der Waals surface area contributed by atoms with Gasteiger partial charge in [-0.1, -0.05) is 11.6 Å². The molecule has 4 heterocycles. The number of aromatic amines is 1. The predicted molar refractivity (Wildman–Crippen MR) is 115 cm³/mol. The van der Waals surface area contributed by atoms with Gasteiger partial charge in [-0.05, 0) is 45.0 Å². The summed E-state index contributed by atoms with van der Waals surface area (Å²) in [5.74, 6) is -0.0601. The molecule has 8 nitrogen and oxygen atoms in total. The van der Waals surface area contributed by atoms with Crippen LogP contribution in [0.2, 0.25) is 5.02 Å². The maximum atomic E-state index is 13.4. The Morgan fingerprint density at radius 3 is 2.80 bits per heavy atom. The zero-order chi connectivity index (χ0) is 21.3. The van der Waals surface area contributed by atoms with Gasteiger partial charge in [-0.2, -0.15) is 5.10 Å². The number of aromatic nitrogens is 4. The Morgan fingerprint density at radius 2 is 2.10 bits per heavy atom. The van der Waals surface area contributed by atoms with Crippen molar-refractivity contribution in [2.24, 2.45) is 0 Å². The van der Waals surface area contributed by atoms with Crippen molar-refractivity contribution >= 4 is 23.2 Å². The van der Waals surface area contributed by atoms with Crippen molar-refractivity contribution in [1.82, 2.24) is 29.4 Å². The van der Waals surface area contributed by atoms with Crippen LogP contribution in [0.3, 0.4) is 0 Å². The first-order valence-corrected chi connectivity index (χ1v) is 10.6. The number of ether oxygens (including phenoxy) is 1. The Bertz CT molecular complexity index is 1010. The number of halogens is 1. The second kappa shape index (κ2) is 8.75. The average Bonchev–Trinajstić information content (AvgIpc) is 3.33. The van der Waals surface area contributed by atoms with Gasteiger partial charge < -0.3 is 18.9 Å². The molecule has 1 saturated heterocycles. The molecule has 0 radical (unpaired) electrons. The highest BCUT2D eigenvalue weighted by Crippen LogP contribution is 2.21. The minimum atomic E-state index is -0.0601. The number of H-pyrrole nitrogens is 1. The van der Waals surface area contributed by atoms with Crippen LogP contribution < -0.4 is 0 Å². The standard InChI is InChI=1S/C21H27ClN6O2/c1-14-10-27(11-15(2)30-14)21(29)20-18(28-12-17(22)4-5-19(28)25-20)13-26(3)7-6-16-8-23-24-9-16/h4-5,8-9,12,14-15H,6-7,10-11,13H2,1-3H3,(H,23,24)/t14-,15+. The van der Waals surface area contributed by atoms with E-state index >= 15 is 0 Å². The van der Waals surface area contributed by atoms with Crippen LogP contribution in [0.25, 0.3) is 5.65 Å². The van der Waals surface area contributed by atoms with E-state index in [2.05, 4.69) is 20.1 Å². The summed E-state index contributed by atoms with van der Waals surface area (Å²) in [6.07, 6.45) is 6.43. The molecule has 2 atom stereocenters. The monoisotopic (exact) mass is 430 g/mol. The molecule has 0 bridgehead atoms. The molecule has 3 aromatic heterocycles. The number of hydrogen-bond donors (Lipinski definition) is 1. The number of nitrogens with zero attached hydrogens (tertiary/aromatic N) is 5. The number of morpholine rings is 1. The quantitative estimate of drug-likeness (QED) is 0.650. The van der Waals surface area contributed by atoms with Gasteiger partial charge >= 0.3 is 0 Å². The van der Waals surface area contributed by atoms with E-state index in [9.17, 15) is 4.79 Å². The topological polar surface area (TPSA) is 78.8 Å². The Balaban J connectivity index is 1.61. The minimum absolute atomic E-state index is 0.00487. The average molecular weight is 431 g/mol. The van der Waals surface area contributed by atoms with Crippen LogP contribution >= 0.6 is 11.6 Å². The lowest BCUT2D eigenvalue weighted by Crippen LogP contribution is -2.48. The molecule has 0 aromatic carbocycles. The maximum absolute atomic E-state index is 13.4. The van der Waals surface area contributed by atoms with Crippen LogP contribution in [0.1, 0.15) is 35.6 Å². The van der Waals surface area contributed by atoms with Crippen molar-refractivity contribution < 1.29 is 9.53 Å². The number of rotatable bonds is 6. The van der Waals surface area contributed by atoms with Gasteiger partial charge in [-0.3, -0.25) is 9.89 Å². The van der Waals surface area contributed by atoms with E-state index in [1.165, 1.54) is 0 Å². The van der Waals surface area contributed by atoms with Crippen molar-refractivity contribution in [3.05, 3.63) is 52.7 Å². The molecule has 1 N–H and O–H groups in total. The fourth-order valence-corrected chi connectivity index (χ4v) is 4.11. The number of carbonyl (C=O) groups excluding carboxylic acids is 1. The first kappa shape index (κ1) is 20.8. The van der Waals surface area contributed by atoms with Crippen molar-refractivity contribution in [2.75, 3.05) is 26.7 Å². The zero-order valence-electron chi connectivity index (χ0n) is 17.5. The Hall–Kier alpha value is -2.42. The van der Waals surface area contributed by atoms with Gasteiger partial charge in [0.05, 0.1) is 29.1 Å². The third-order valence-electron chi connectivity index (χ3n) is 5.35. The van der Waals surface area contributed by atoms with Crippen LogP contribution in [0.15, 0.2) is 30.7 Å². The highest BCUT2D eigenvalue weighted by Gasteiger charge is 2.30. The number of pyridine rings is 1. The molecule has 1 fully saturated rings. The number of amides is 1. The van der Waals surface area contributed by atoms with E-state index in [0.717, 1.165) is 29.9 Å². The van der Waals surface area contributed by atoms with Gasteiger partial charge in [-0.15, -0.1) is 0 Å². The van der Waals surface area contributed by atoms with Gasteiger partial charge in [0.1, 0.15) is 5.65 Å². The molecule has 1 aliphatic rings. The summed E-state index contributed by atoms with van der Waals surface area (Å²) in [5, 5.41) is 7.44. The molecule has 160 valence electrons. The molecule has 1 amide bonds. The first-order chi connectivity index (χ1) is 14.4. The molecule has 0 unspecified atom stereocenters. The van der Waals surface area contributed by atoms with Crippen LogP contribution in [-0.4, -0.2) is 74.2 Å². The summed E-state index contributed by atoms with van der Waals surface area (Å²) in [6, 6.07) is 3.64. The number of imidazole rings is 1. The molecular weight excluding hydrogens is 404 g/mol. The van der Waals surface area contributed by atoms with Gasteiger partial charge in [-0.25, -0.2) is 4.98 Å². The van der Waals surface area contributed by atoms with E-state index in [4.69, 9.17) is 16.3 Å². The van der Waals surface area contributed by atoms with Gasteiger partial charge in [0.15, 0.2) is 5.69 Å². The Labute approximate surface area is 180 Å². The molecule has 0 aliphatic carbocycles. The van der Waals surface area contributed by atoms with Crippen molar-refractivity contribution in [3.63, 3.8) is 0 Å².